The van der Waals surface area contributed by atoms with E-state index in [0.717, 1.165) is 66.1 Å². The normalized spacial score (nSPS) is 23.9. The van der Waals surface area contributed by atoms with E-state index in [0.29, 0.717) is 39.0 Å². The molecule has 0 saturated carbocycles. The summed E-state index contributed by atoms with van der Waals surface area (Å²) in [5.74, 6) is 1.93. The van der Waals surface area contributed by atoms with Crippen molar-refractivity contribution in [3.05, 3.63) is 77.9 Å². The van der Waals surface area contributed by atoms with Gasteiger partial charge in [-0.1, -0.05) is 49.5 Å². The predicted octanol–water partition coefficient (Wildman–Crippen LogP) is 5.74. The molecule has 55 heavy (non-hydrogen) atoms. The lowest BCUT2D eigenvalue weighted by atomic mass is 9.94. The van der Waals surface area contributed by atoms with Crippen molar-refractivity contribution in [2.75, 3.05) is 44.9 Å². The second-order valence-corrected chi connectivity index (χ2v) is 20.8. The molecule has 0 radical (unpaired) electrons. The Bertz CT molecular complexity index is 1750. The van der Waals surface area contributed by atoms with Crippen LogP contribution in [0.25, 0.3) is 0 Å². The third-order valence-corrected chi connectivity index (χ3v) is 16.6. The van der Waals surface area contributed by atoms with Crippen molar-refractivity contribution in [1.82, 2.24) is 10.2 Å². The van der Waals surface area contributed by atoms with Crippen LogP contribution < -0.4 is 24.9 Å². The Hall–Kier alpha value is -3.74. The number of carbonyl (C=O) groups excluding carboxylic acids is 2. The van der Waals surface area contributed by atoms with Crippen molar-refractivity contribution in [2.24, 2.45) is 5.92 Å². The number of nitrogens with one attached hydrogen (secondary N) is 1. The topological polar surface area (TPSA) is 121 Å². The zero-order valence-corrected chi connectivity index (χ0v) is 34.3. The van der Waals surface area contributed by atoms with Crippen LogP contribution in [0.2, 0.25) is 18.6 Å². The Kier molecular flexibility index (Phi) is 13.7. The summed E-state index contributed by atoms with van der Waals surface area (Å²) >= 11 is 0. The predicted molar refractivity (Wildman–Crippen MR) is 219 cm³/mol. The van der Waals surface area contributed by atoms with Gasteiger partial charge in [-0.25, -0.2) is 0 Å². The highest BCUT2D eigenvalue weighted by Crippen LogP contribution is 2.47. The van der Waals surface area contributed by atoms with Crippen LogP contribution in [0.4, 0.5) is 11.4 Å². The van der Waals surface area contributed by atoms with Gasteiger partial charge < -0.3 is 34.6 Å². The first-order valence-electron chi connectivity index (χ1n) is 20.3. The molecule has 2 amide bonds. The van der Waals surface area contributed by atoms with Crippen LogP contribution >= 0.6 is 0 Å². The molecule has 0 bridgehead atoms. The highest BCUT2D eigenvalue weighted by molar-refractivity contribution is 6.91. The number of aryl methyl sites for hydroxylation is 1. The monoisotopic (exact) mass is 771 g/mol. The number of anilines is 2. The van der Waals surface area contributed by atoms with Crippen LogP contribution in [0.15, 0.2) is 66.7 Å². The van der Waals surface area contributed by atoms with Gasteiger partial charge in [-0.3, -0.25) is 14.5 Å². The van der Waals surface area contributed by atoms with Gasteiger partial charge in [-0.2, -0.15) is 0 Å². The van der Waals surface area contributed by atoms with Crippen molar-refractivity contribution in [1.29, 1.82) is 0 Å². The molecule has 0 aliphatic carbocycles. The molecule has 3 aromatic rings. The average molecular weight is 772 g/mol. The summed E-state index contributed by atoms with van der Waals surface area (Å²) in [5.41, 5.74) is 4.08. The maximum atomic E-state index is 14.1. The number of nitrogens with zero attached hydrogens (tertiary/aromatic N) is 2. The Morgan fingerprint density at radius 2 is 1.80 bits per heavy atom. The molecular formula is C44H61N3O7Si. The number of unbranched alkanes of at least 4 members (excludes halogenated alkanes) is 1. The Labute approximate surface area is 328 Å². The SMILES string of the molecule is CCOc1ccc2c(c1)CC(NCCCCO)C(=O)N2c1cccc(CC[C@H]2O[C@@H](CC(=O)N3CCC[C@H]3CO)[C@H]([Si](C)(C)c3ccc(OC)cc3)[C@H]2C)c1. The minimum Gasteiger partial charge on any atom is -0.497 e. The smallest absolute Gasteiger partial charge is 0.249 e. The Morgan fingerprint density at radius 1 is 1.02 bits per heavy atom. The van der Waals surface area contributed by atoms with E-state index >= 15 is 0 Å². The minimum absolute atomic E-state index is 0.00437. The maximum absolute atomic E-state index is 14.1. The van der Waals surface area contributed by atoms with Gasteiger partial charge in [-0.05, 0) is 123 Å². The van der Waals surface area contributed by atoms with E-state index in [9.17, 15) is 19.8 Å². The molecule has 298 valence electrons. The van der Waals surface area contributed by atoms with Gasteiger partial charge in [-0.15, -0.1) is 0 Å². The molecule has 3 aliphatic heterocycles. The van der Waals surface area contributed by atoms with E-state index in [1.165, 1.54) is 5.19 Å². The van der Waals surface area contributed by atoms with Crippen molar-refractivity contribution in [3.63, 3.8) is 0 Å². The molecule has 3 aromatic carbocycles. The van der Waals surface area contributed by atoms with E-state index < -0.39 is 8.07 Å². The molecule has 0 aromatic heterocycles. The number of fused-ring (bicyclic) bond motifs is 1. The van der Waals surface area contributed by atoms with Crippen molar-refractivity contribution < 1.29 is 34.0 Å². The molecule has 6 atom stereocenters. The first-order chi connectivity index (χ1) is 26.6. The van der Waals surface area contributed by atoms with Crippen LogP contribution in [-0.4, -0.2) is 99.3 Å². The van der Waals surface area contributed by atoms with Crippen LogP contribution in [-0.2, 0) is 27.2 Å². The summed E-state index contributed by atoms with van der Waals surface area (Å²) in [6.45, 7) is 11.1. The third kappa shape index (κ3) is 9.12. The number of hydrogen-bond acceptors (Lipinski definition) is 8. The van der Waals surface area contributed by atoms with Gasteiger partial charge in [0.1, 0.15) is 11.5 Å². The number of rotatable bonds is 17. The molecule has 2 saturated heterocycles. The Morgan fingerprint density at radius 3 is 2.53 bits per heavy atom. The zero-order chi connectivity index (χ0) is 39.1. The van der Waals surface area contributed by atoms with E-state index in [1.807, 2.05) is 59.2 Å². The van der Waals surface area contributed by atoms with Gasteiger partial charge in [0.2, 0.25) is 11.8 Å². The number of aliphatic hydroxyl groups excluding tert-OH is 2. The fourth-order valence-electron chi connectivity index (χ4n) is 9.37. The second kappa shape index (κ2) is 18.5. The average Bonchev–Trinajstić information content (AvgIpc) is 3.80. The largest absolute Gasteiger partial charge is 0.497 e. The minimum atomic E-state index is -2.17. The van der Waals surface area contributed by atoms with Crippen molar-refractivity contribution in [2.45, 2.75) is 108 Å². The number of ether oxygens (including phenoxy) is 3. The van der Waals surface area contributed by atoms with E-state index in [4.69, 9.17) is 14.2 Å². The van der Waals surface area contributed by atoms with Gasteiger partial charge in [0.05, 0.1) is 64.8 Å². The second-order valence-electron chi connectivity index (χ2n) is 16.1. The van der Waals surface area contributed by atoms with Crippen molar-refractivity contribution in [3.8, 4) is 11.5 Å². The number of carbonyl (C=O) groups is 2. The number of likely N-dealkylation sites (tertiary alicyclic amines) is 1. The highest BCUT2D eigenvalue weighted by Gasteiger charge is 2.51. The fourth-order valence-corrected chi connectivity index (χ4v) is 13.4. The maximum Gasteiger partial charge on any atom is 0.249 e. The molecule has 3 aliphatic rings. The van der Waals surface area contributed by atoms with E-state index in [1.54, 1.807) is 7.11 Å². The summed E-state index contributed by atoms with van der Waals surface area (Å²) in [6.07, 6.45) is 5.43. The molecule has 6 rings (SSSR count). The number of hydrogen-bond donors (Lipinski definition) is 3. The van der Waals surface area contributed by atoms with Crippen LogP contribution in [0, 0.1) is 5.92 Å². The summed E-state index contributed by atoms with van der Waals surface area (Å²) in [7, 11) is -0.483. The van der Waals surface area contributed by atoms with E-state index in [2.05, 4.69) is 49.6 Å². The van der Waals surface area contributed by atoms with E-state index in [-0.39, 0.29) is 60.8 Å². The first kappa shape index (κ1) is 40.9. The third-order valence-electron chi connectivity index (χ3n) is 12.3. The fraction of sp³-hybridized carbons (Fsp3) is 0.545. The molecule has 10 nitrogen and oxygen atoms in total. The number of benzene rings is 3. The molecule has 0 spiro atoms. The molecule has 11 heteroatoms. The highest BCUT2D eigenvalue weighted by atomic mass is 28.3. The number of aliphatic hydroxyl groups is 2. The Balaban J connectivity index is 1.23. The lowest BCUT2D eigenvalue weighted by molar-refractivity contribution is -0.135. The summed E-state index contributed by atoms with van der Waals surface area (Å²) in [5, 5.41) is 24.0. The summed E-state index contributed by atoms with van der Waals surface area (Å²) in [6, 6.07) is 22.2. The van der Waals surface area contributed by atoms with Gasteiger partial charge in [0, 0.05) is 18.8 Å². The number of amides is 2. The summed E-state index contributed by atoms with van der Waals surface area (Å²) in [4.78, 5) is 31.7. The lowest BCUT2D eigenvalue weighted by Gasteiger charge is -2.36. The lowest BCUT2D eigenvalue weighted by Crippen LogP contribution is -2.51. The van der Waals surface area contributed by atoms with Gasteiger partial charge in [0.25, 0.3) is 0 Å². The molecule has 1 unspecified atom stereocenters. The standard InChI is InChI=1S/C44H61N3O7Si/c1-6-53-36-17-20-39-32(26-36)27-38(45-22-7-8-24-48)44(51)47(39)33-12-9-11-31(25-33)14-21-40-30(2)43(55(4,5)37-18-15-35(52-3)16-19-37)41(54-40)28-42(50)46-23-10-13-34(46)29-49/h9,11-12,15-20,25-26,30,34,38,40-41,43,45,48-49H,6-8,10,13-14,21-24,27-29H2,1-5H3/t30-,34-,38?,40+,41-,43+/m0/s1. The number of methoxy groups -OCH3 is 1. The molecule has 2 fully saturated rings. The molecular weight excluding hydrogens is 711 g/mol. The summed E-state index contributed by atoms with van der Waals surface area (Å²) < 4.78 is 18.3. The van der Waals surface area contributed by atoms with Crippen LogP contribution in [0.5, 0.6) is 11.5 Å². The van der Waals surface area contributed by atoms with Gasteiger partial charge >= 0.3 is 0 Å². The first-order valence-corrected chi connectivity index (χ1v) is 23.4. The molecule has 3 heterocycles. The van der Waals surface area contributed by atoms with Crippen LogP contribution in [0.1, 0.15) is 63.5 Å². The zero-order valence-electron chi connectivity index (χ0n) is 33.3. The molecule has 3 N–H and O–H groups in total. The van der Waals surface area contributed by atoms with Crippen LogP contribution in [0.3, 0.4) is 0 Å². The van der Waals surface area contributed by atoms with Crippen molar-refractivity contribution >= 4 is 36.4 Å². The van der Waals surface area contributed by atoms with Gasteiger partial charge in [0.15, 0.2) is 0 Å². The quantitative estimate of drug-likeness (QED) is 0.118.